The lowest BCUT2D eigenvalue weighted by atomic mass is 9.94. The number of nitrogens with zero attached hydrogens (tertiary/aromatic N) is 1. The molecular formula is C26H23NO7S2. The van der Waals surface area contributed by atoms with Gasteiger partial charge in [-0.1, -0.05) is 30.4 Å². The number of hydrogen-bond acceptors (Lipinski definition) is 9. The van der Waals surface area contributed by atoms with Crippen molar-refractivity contribution in [3.63, 3.8) is 0 Å². The lowest BCUT2D eigenvalue weighted by Crippen LogP contribution is -2.41. The molecule has 8 nitrogen and oxygen atoms in total. The second kappa shape index (κ2) is 8.70. The molecule has 3 aromatic rings. The van der Waals surface area contributed by atoms with Crippen molar-refractivity contribution in [1.29, 1.82) is 0 Å². The summed E-state index contributed by atoms with van der Waals surface area (Å²) in [6.45, 7) is 0. The van der Waals surface area contributed by atoms with E-state index >= 15 is 0 Å². The molecule has 1 amide bonds. The fourth-order valence-corrected chi connectivity index (χ4v) is 7.12. The van der Waals surface area contributed by atoms with Crippen LogP contribution in [-0.2, 0) is 4.79 Å². The molecule has 0 spiro atoms. The topological polar surface area (TPSA) is 102 Å². The molecule has 36 heavy (non-hydrogen) atoms. The zero-order chi connectivity index (χ0) is 25.1. The van der Waals surface area contributed by atoms with Crippen LogP contribution in [0.2, 0.25) is 0 Å². The summed E-state index contributed by atoms with van der Waals surface area (Å²) in [4.78, 5) is 28.3. The van der Waals surface area contributed by atoms with E-state index in [4.69, 9.17) is 30.5 Å². The number of thioether (sulfide) groups is 1. The summed E-state index contributed by atoms with van der Waals surface area (Å²) in [7, 11) is 2.88. The third kappa shape index (κ3) is 3.54. The fourth-order valence-electron chi connectivity index (χ4n) is 5.77. The first kappa shape index (κ1) is 23.2. The van der Waals surface area contributed by atoms with Crippen LogP contribution in [0, 0.1) is 11.8 Å². The molecule has 2 aliphatic carbocycles. The van der Waals surface area contributed by atoms with Crippen molar-refractivity contribution in [3.05, 3.63) is 45.4 Å². The Morgan fingerprint density at radius 2 is 1.94 bits per heavy atom. The molecule has 1 aliphatic heterocycles. The molecular weight excluding hydrogens is 502 g/mol. The number of rotatable bonds is 5. The molecule has 3 atom stereocenters. The smallest absolute Gasteiger partial charge is 0.351 e. The summed E-state index contributed by atoms with van der Waals surface area (Å²) in [5.41, 5.74) is -0.849. The number of amides is 1. The molecule has 2 aromatic heterocycles. The van der Waals surface area contributed by atoms with Crippen LogP contribution < -0.4 is 15.1 Å². The number of ether oxygens (including phenoxy) is 2. The predicted octanol–water partition coefficient (Wildman–Crippen LogP) is 5.17. The molecule has 2 saturated carbocycles. The number of carbonyl (C=O) groups is 1. The zero-order valence-corrected chi connectivity index (χ0v) is 21.2. The first-order valence-electron chi connectivity index (χ1n) is 11.7. The second-order valence-corrected chi connectivity index (χ2v) is 11.0. The summed E-state index contributed by atoms with van der Waals surface area (Å²) in [5.74, 6) is 1.87. The van der Waals surface area contributed by atoms with Gasteiger partial charge >= 0.3 is 5.63 Å². The normalized spacial score (nSPS) is 24.4. The zero-order valence-electron chi connectivity index (χ0n) is 19.6. The highest BCUT2D eigenvalue weighted by atomic mass is 32.2. The van der Waals surface area contributed by atoms with Gasteiger partial charge in [0, 0.05) is 12.1 Å². The van der Waals surface area contributed by atoms with E-state index in [1.165, 1.54) is 38.8 Å². The average Bonchev–Trinajstić information content (AvgIpc) is 3.64. The van der Waals surface area contributed by atoms with Crippen LogP contribution >= 0.6 is 24.0 Å². The maximum absolute atomic E-state index is 13.2. The van der Waals surface area contributed by atoms with Crippen LogP contribution in [0.5, 0.6) is 17.2 Å². The maximum Gasteiger partial charge on any atom is 0.351 e. The molecule has 1 aromatic carbocycles. The molecule has 2 bridgehead atoms. The van der Waals surface area contributed by atoms with Crippen molar-refractivity contribution in [2.24, 2.45) is 11.8 Å². The number of carbonyl (C=O) groups excluding carboxylic acids is 1. The Hall–Kier alpha value is -3.24. The number of furan rings is 1. The summed E-state index contributed by atoms with van der Waals surface area (Å²) in [6.07, 6.45) is 6.23. The largest absolute Gasteiger partial charge is 0.506 e. The van der Waals surface area contributed by atoms with Gasteiger partial charge in [-0.15, -0.1) is 0 Å². The van der Waals surface area contributed by atoms with E-state index in [0.29, 0.717) is 32.6 Å². The van der Waals surface area contributed by atoms with Gasteiger partial charge < -0.3 is 23.4 Å². The van der Waals surface area contributed by atoms with Gasteiger partial charge in [0.2, 0.25) is 5.75 Å². The van der Waals surface area contributed by atoms with E-state index in [9.17, 15) is 14.7 Å². The van der Waals surface area contributed by atoms with Crippen molar-refractivity contribution >= 4 is 51.3 Å². The Kier molecular flexibility index (Phi) is 5.60. The number of aromatic hydroxyl groups is 1. The first-order chi connectivity index (χ1) is 17.4. The van der Waals surface area contributed by atoms with E-state index in [2.05, 4.69) is 0 Å². The van der Waals surface area contributed by atoms with Crippen molar-refractivity contribution in [1.82, 2.24) is 4.90 Å². The minimum atomic E-state index is -0.796. The lowest BCUT2D eigenvalue weighted by Gasteiger charge is -2.30. The predicted molar refractivity (Wildman–Crippen MR) is 139 cm³/mol. The van der Waals surface area contributed by atoms with Crippen LogP contribution in [0.3, 0.4) is 0 Å². The van der Waals surface area contributed by atoms with Gasteiger partial charge in [-0.2, -0.15) is 0 Å². The molecule has 6 rings (SSSR count). The third-order valence-corrected chi connectivity index (χ3v) is 8.72. The Bertz CT molecular complexity index is 1500. The highest BCUT2D eigenvalue weighted by molar-refractivity contribution is 8.26. The molecule has 3 fully saturated rings. The molecule has 1 N–H and O–H groups in total. The minimum Gasteiger partial charge on any atom is -0.506 e. The average molecular weight is 526 g/mol. The maximum atomic E-state index is 13.2. The monoisotopic (exact) mass is 525 g/mol. The SMILES string of the molecule is COc1ccc2c(O)c(-c3ccc(C=C4SC(=S)N(C5CC6CCC5C6)C4=O)o3)c(=O)oc2c1OC. The van der Waals surface area contributed by atoms with Gasteiger partial charge in [-0.3, -0.25) is 9.69 Å². The first-order valence-corrected chi connectivity index (χ1v) is 12.9. The number of hydrogen-bond donors (Lipinski definition) is 1. The van der Waals surface area contributed by atoms with Crippen molar-refractivity contribution in [3.8, 4) is 28.6 Å². The molecule has 3 unspecified atom stereocenters. The van der Waals surface area contributed by atoms with Gasteiger partial charge in [0.15, 0.2) is 11.3 Å². The molecule has 10 heteroatoms. The molecule has 1 saturated heterocycles. The van der Waals surface area contributed by atoms with E-state index in [-0.39, 0.29) is 45.7 Å². The highest BCUT2D eigenvalue weighted by Crippen LogP contribution is 2.49. The van der Waals surface area contributed by atoms with Crippen LogP contribution in [0.25, 0.3) is 28.4 Å². The van der Waals surface area contributed by atoms with Crippen LogP contribution in [0.15, 0.2) is 42.8 Å². The quantitative estimate of drug-likeness (QED) is 0.275. The second-order valence-electron chi connectivity index (χ2n) is 9.29. The van der Waals surface area contributed by atoms with Crippen molar-refractivity contribution in [2.45, 2.75) is 31.7 Å². The van der Waals surface area contributed by atoms with E-state index in [0.717, 1.165) is 12.8 Å². The molecule has 0 radical (unpaired) electrons. The molecule has 3 aliphatic rings. The highest BCUT2D eigenvalue weighted by Gasteiger charge is 2.48. The number of benzene rings is 1. The summed E-state index contributed by atoms with van der Waals surface area (Å²) < 4.78 is 22.5. The van der Waals surface area contributed by atoms with Crippen molar-refractivity contribution in [2.75, 3.05) is 14.2 Å². The lowest BCUT2D eigenvalue weighted by molar-refractivity contribution is -0.124. The van der Waals surface area contributed by atoms with E-state index in [1.807, 2.05) is 0 Å². The van der Waals surface area contributed by atoms with Crippen LogP contribution in [0.1, 0.15) is 31.4 Å². The van der Waals surface area contributed by atoms with Crippen LogP contribution in [-0.4, -0.2) is 40.5 Å². The van der Waals surface area contributed by atoms with E-state index in [1.54, 1.807) is 35.2 Å². The number of thiocarbonyl (C=S) groups is 1. The van der Waals surface area contributed by atoms with E-state index < -0.39 is 5.63 Å². The van der Waals surface area contributed by atoms with Crippen LogP contribution in [0.4, 0.5) is 0 Å². The van der Waals surface area contributed by atoms with Crippen molar-refractivity contribution < 1.29 is 28.2 Å². The summed E-state index contributed by atoms with van der Waals surface area (Å²) in [5, 5.41) is 11.2. The molecule has 3 heterocycles. The third-order valence-electron chi connectivity index (χ3n) is 7.39. The van der Waals surface area contributed by atoms with Gasteiger partial charge in [0.1, 0.15) is 27.2 Å². The van der Waals surface area contributed by atoms with Gasteiger partial charge in [0.05, 0.1) is 24.5 Å². The Morgan fingerprint density at radius 3 is 2.64 bits per heavy atom. The van der Waals surface area contributed by atoms with Gasteiger partial charge in [-0.25, -0.2) is 4.79 Å². The minimum absolute atomic E-state index is 0.0687. The number of fused-ring (bicyclic) bond motifs is 3. The fraction of sp³-hybridized carbons (Fsp3) is 0.346. The van der Waals surface area contributed by atoms with Gasteiger partial charge in [-0.05, 0) is 55.4 Å². The Morgan fingerprint density at radius 1 is 1.11 bits per heavy atom. The standard InChI is InChI=1S/C26H23NO7S2/c1-31-18-8-6-15-21(28)20(25(30)34-22(15)23(18)32-2)17-7-5-14(33-17)11-19-24(29)27(26(35)36-19)16-10-12-3-4-13(16)9-12/h5-8,11-13,16,28H,3-4,9-10H2,1-2H3. The summed E-state index contributed by atoms with van der Waals surface area (Å²) in [6, 6.07) is 6.56. The Labute approximate surface area is 215 Å². The van der Waals surface area contributed by atoms with Gasteiger partial charge in [0.25, 0.3) is 5.91 Å². The molecule has 186 valence electrons. The summed E-state index contributed by atoms with van der Waals surface area (Å²) >= 11 is 6.82. The number of methoxy groups -OCH3 is 2. The Balaban J connectivity index is 1.33.